The van der Waals surface area contributed by atoms with Gasteiger partial charge in [-0.15, -0.1) is 0 Å². The van der Waals surface area contributed by atoms with Crippen molar-refractivity contribution in [2.45, 2.75) is 32.2 Å². The summed E-state index contributed by atoms with van der Waals surface area (Å²) in [5.74, 6) is -0.397. The Bertz CT molecular complexity index is 836. The summed E-state index contributed by atoms with van der Waals surface area (Å²) in [5, 5.41) is 9.06. The van der Waals surface area contributed by atoms with Crippen molar-refractivity contribution in [3.8, 4) is 11.3 Å². The SMILES string of the molecule is COCC(=O)N1CCCC[C@H]1c1nc(C)cc(-c2ccc(C(=O)O)cc2)n1. The number of hydrogen-bond donors (Lipinski definition) is 1. The number of hydrogen-bond acceptors (Lipinski definition) is 5. The van der Waals surface area contributed by atoms with Gasteiger partial charge in [0.1, 0.15) is 6.61 Å². The summed E-state index contributed by atoms with van der Waals surface area (Å²) in [6.07, 6.45) is 2.79. The molecule has 0 spiro atoms. The molecule has 3 rings (SSSR count). The zero-order valence-electron chi connectivity index (χ0n) is 15.5. The standard InChI is InChI=1S/C20H23N3O4/c1-13-11-16(14-6-8-15(9-7-14)20(25)26)22-19(21-13)17-5-3-4-10-23(17)18(24)12-27-2/h6-9,11,17H,3-5,10,12H2,1-2H3,(H,25,26)/t17-/m0/s1. The summed E-state index contributed by atoms with van der Waals surface area (Å²) in [6.45, 7) is 2.61. The lowest BCUT2D eigenvalue weighted by atomic mass is 10.0. The number of aromatic carboxylic acids is 1. The number of benzene rings is 1. The number of methoxy groups -OCH3 is 1. The molecule has 1 aliphatic rings. The van der Waals surface area contributed by atoms with Crippen molar-refractivity contribution in [1.82, 2.24) is 14.9 Å². The molecule has 0 radical (unpaired) electrons. The van der Waals surface area contributed by atoms with Crippen molar-refractivity contribution in [2.24, 2.45) is 0 Å². The molecule has 2 heterocycles. The third kappa shape index (κ3) is 4.31. The number of aryl methyl sites for hydroxylation is 1. The van der Waals surface area contributed by atoms with Crippen LogP contribution in [0.5, 0.6) is 0 Å². The highest BCUT2D eigenvalue weighted by Gasteiger charge is 2.30. The lowest BCUT2D eigenvalue weighted by molar-refractivity contribution is -0.139. The molecule has 1 aromatic carbocycles. The fourth-order valence-corrected chi connectivity index (χ4v) is 3.38. The predicted octanol–water partition coefficient (Wildman–Crippen LogP) is 2.85. The van der Waals surface area contributed by atoms with Gasteiger partial charge < -0.3 is 14.7 Å². The van der Waals surface area contributed by atoms with Crippen LogP contribution < -0.4 is 0 Å². The Morgan fingerprint density at radius 3 is 2.63 bits per heavy atom. The van der Waals surface area contributed by atoms with Crippen molar-refractivity contribution < 1.29 is 19.4 Å². The van der Waals surface area contributed by atoms with Crippen molar-refractivity contribution in [3.63, 3.8) is 0 Å². The molecule has 1 atom stereocenters. The highest BCUT2D eigenvalue weighted by atomic mass is 16.5. The maximum absolute atomic E-state index is 12.4. The Kier molecular flexibility index (Phi) is 5.81. The van der Waals surface area contributed by atoms with Crippen LogP contribution in [-0.2, 0) is 9.53 Å². The molecule has 0 unspecified atom stereocenters. The van der Waals surface area contributed by atoms with E-state index in [-0.39, 0.29) is 24.1 Å². The smallest absolute Gasteiger partial charge is 0.335 e. The highest BCUT2D eigenvalue weighted by Crippen LogP contribution is 2.30. The topological polar surface area (TPSA) is 92.6 Å². The minimum Gasteiger partial charge on any atom is -0.478 e. The van der Waals surface area contributed by atoms with Crippen LogP contribution >= 0.6 is 0 Å². The second-order valence-corrected chi connectivity index (χ2v) is 6.67. The van der Waals surface area contributed by atoms with Gasteiger partial charge in [-0.1, -0.05) is 12.1 Å². The summed E-state index contributed by atoms with van der Waals surface area (Å²) < 4.78 is 5.01. The van der Waals surface area contributed by atoms with Crippen LogP contribution in [0.3, 0.4) is 0 Å². The van der Waals surface area contributed by atoms with Crippen LogP contribution in [0.1, 0.15) is 47.2 Å². The number of amides is 1. The summed E-state index contributed by atoms with van der Waals surface area (Å²) in [7, 11) is 1.51. The first-order chi connectivity index (χ1) is 13.0. The normalized spacial score (nSPS) is 17.0. The number of carboxylic acid groups (broad SMARTS) is 1. The summed E-state index contributed by atoms with van der Waals surface area (Å²) in [5.41, 5.74) is 2.58. The van der Waals surface area contributed by atoms with E-state index in [9.17, 15) is 9.59 Å². The minimum atomic E-state index is -0.962. The van der Waals surface area contributed by atoms with Crippen molar-refractivity contribution >= 4 is 11.9 Å². The molecule has 142 valence electrons. The summed E-state index contributed by atoms with van der Waals surface area (Å²) in [4.78, 5) is 34.5. The van der Waals surface area contributed by atoms with E-state index < -0.39 is 5.97 Å². The molecule has 7 nitrogen and oxygen atoms in total. The van der Waals surface area contributed by atoms with Crippen molar-refractivity contribution in [2.75, 3.05) is 20.3 Å². The van der Waals surface area contributed by atoms with Crippen molar-refractivity contribution in [1.29, 1.82) is 0 Å². The van der Waals surface area contributed by atoms with E-state index in [1.54, 1.807) is 29.2 Å². The first-order valence-electron chi connectivity index (χ1n) is 8.97. The van der Waals surface area contributed by atoms with Crippen LogP contribution in [0.2, 0.25) is 0 Å². The average molecular weight is 369 g/mol. The maximum atomic E-state index is 12.4. The molecule has 1 amide bonds. The number of aromatic nitrogens is 2. The number of carbonyl (C=O) groups excluding carboxylic acids is 1. The first kappa shape index (κ1) is 19.0. The largest absolute Gasteiger partial charge is 0.478 e. The number of piperidine rings is 1. The fourth-order valence-electron chi connectivity index (χ4n) is 3.38. The molecule has 1 fully saturated rings. The monoisotopic (exact) mass is 369 g/mol. The molecule has 0 saturated carbocycles. The molecule has 27 heavy (non-hydrogen) atoms. The number of rotatable bonds is 5. The van der Waals surface area contributed by atoms with Gasteiger partial charge >= 0.3 is 5.97 Å². The third-order valence-corrected chi connectivity index (χ3v) is 4.69. The Morgan fingerprint density at radius 2 is 1.96 bits per heavy atom. The molecule has 1 saturated heterocycles. The number of nitrogens with zero attached hydrogens (tertiary/aromatic N) is 3. The lowest BCUT2D eigenvalue weighted by Crippen LogP contribution is -2.41. The predicted molar refractivity (Wildman–Crippen MR) is 99.3 cm³/mol. The zero-order valence-corrected chi connectivity index (χ0v) is 15.5. The fraction of sp³-hybridized carbons (Fsp3) is 0.400. The molecule has 1 N–H and O–H groups in total. The Labute approximate surface area is 158 Å². The third-order valence-electron chi connectivity index (χ3n) is 4.69. The molecule has 0 aliphatic carbocycles. The van der Waals surface area contributed by atoms with E-state index in [4.69, 9.17) is 14.8 Å². The Morgan fingerprint density at radius 1 is 1.22 bits per heavy atom. The Balaban J connectivity index is 1.94. The number of carboxylic acids is 1. The van der Waals surface area contributed by atoms with E-state index in [0.29, 0.717) is 12.4 Å². The number of ether oxygens (including phenoxy) is 1. The molecule has 1 aliphatic heterocycles. The molecular weight excluding hydrogens is 346 g/mol. The zero-order chi connectivity index (χ0) is 19.4. The second-order valence-electron chi connectivity index (χ2n) is 6.67. The second kappa shape index (κ2) is 8.26. The quantitative estimate of drug-likeness (QED) is 0.871. The van der Waals surface area contributed by atoms with E-state index in [1.165, 1.54) is 7.11 Å². The van der Waals surface area contributed by atoms with Gasteiger partial charge in [0.05, 0.1) is 17.3 Å². The van der Waals surface area contributed by atoms with Gasteiger partial charge in [-0.25, -0.2) is 14.8 Å². The number of carbonyl (C=O) groups is 2. The van der Waals surface area contributed by atoms with Gasteiger partial charge in [-0.05, 0) is 44.4 Å². The van der Waals surface area contributed by atoms with Gasteiger partial charge in [0, 0.05) is 24.9 Å². The summed E-state index contributed by atoms with van der Waals surface area (Å²) >= 11 is 0. The summed E-state index contributed by atoms with van der Waals surface area (Å²) in [6, 6.07) is 8.29. The first-order valence-corrected chi connectivity index (χ1v) is 8.97. The van der Waals surface area contributed by atoms with Gasteiger partial charge in [0.2, 0.25) is 5.91 Å². The van der Waals surface area contributed by atoms with Gasteiger partial charge in [0.25, 0.3) is 0 Å². The maximum Gasteiger partial charge on any atom is 0.335 e. The van der Waals surface area contributed by atoms with E-state index in [1.807, 2.05) is 13.0 Å². The molecular formula is C20H23N3O4. The Hall–Kier alpha value is -2.80. The molecule has 7 heteroatoms. The molecule has 0 bridgehead atoms. The lowest BCUT2D eigenvalue weighted by Gasteiger charge is -2.34. The van der Waals surface area contributed by atoms with E-state index >= 15 is 0 Å². The highest BCUT2D eigenvalue weighted by molar-refractivity contribution is 5.88. The van der Waals surface area contributed by atoms with Crippen LogP contribution in [0.15, 0.2) is 30.3 Å². The average Bonchev–Trinajstić information content (AvgIpc) is 2.68. The van der Waals surface area contributed by atoms with Gasteiger partial charge in [0.15, 0.2) is 5.82 Å². The van der Waals surface area contributed by atoms with Crippen LogP contribution in [0.4, 0.5) is 0 Å². The molecule has 1 aromatic heterocycles. The van der Waals surface area contributed by atoms with Crippen LogP contribution in [-0.4, -0.2) is 52.1 Å². The molecule has 2 aromatic rings. The minimum absolute atomic E-state index is 0.0474. The number of likely N-dealkylation sites (tertiary alicyclic amines) is 1. The van der Waals surface area contributed by atoms with E-state index in [2.05, 4.69) is 4.98 Å². The van der Waals surface area contributed by atoms with Crippen LogP contribution in [0, 0.1) is 6.92 Å². The van der Waals surface area contributed by atoms with Gasteiger partial charge in [-0.3, -0.25) is 4.79 Å². The van der Waals surface area contributed by atoms with E-state index in [0.717, 1.165) is 36.2 Å². The van der Waals surface area contributed by atoms with Crippen LogP contribution in [0.25, 0.3) is 11.3 Å². The van der Waals surface area contributed by atoms with Crippen molar-refractivity contribution in [3.05, 3.63) is 47.4 Å². The van der Waals surface area contributed by atoms with Gasteiger partial charge in [-0.2, -0.15) is 0 Å².